The second-order valence-electron chi connectivity index (χ2n) is 7.54. The number of rotatable bonds is 2. The summed E-state index contributed by atoms with van der Waals surface area (Å²) < 4.78 is 5.28. The topological polar surface area (TPSA) is 87.7 Å². The second kappa shape index (κ2) is 6.30. The van der Waals surface area contributed by atoms with Gasteiger partial charge in [0, 0.05) is 38.2 Å². The number of carbonyl (C=O) groups excluding carboxylic acids is 3. The van der Waals surface area contributed by atoms with E-state index in [9.17, 15) is 14.4 Å². The molecule has 2 fully saturated rings. The maximum absolute atomic E-state index is 13.2. The van der Waals surface area contributed by atoms with Gasteiger partial charge in [-0.25, -0.2) is 0 Å². The number of fused-ring (bicyclic) bond motifs is 1. The third-order valence-corrected chi connectivity index (χ3v) is 5.93. The maximum atomic E-state index is 13.2. The van der Waals surface area contributed by atoms with Crippen molar-refractivity contribution in [3.8, 4) is 5.75 Å². The number of nitrogens with zero attached hydrogens (tertiary/aromatic N) is 1. The number of methoxy groups -OCH3 is 1. The van der Waals surface area contributed by atoms with Crippen LogP contribution < -0.4 is 15.4 Å². The number of amides is 3. The van der Waals surface area contributed by atoms with Gasteiger partial charge in [0.25, 0.3) is 0 Å². The molecule has 138 valence electrons. The van der Waals surface area contributed by atoms with Gasteiger partial charge in [0.1, 0.15) is 5.75 Å². The predicted octanol–water partition coefficient (Wildman–Crippen LogP) is 1.25. The molecule has 0 aliphatic carbocycles. The van der Waals surface area contributed by atoms with E-state index in [1.54, 1.807) is 19.2 Å². The Bertz CT molecular complexity index is 768. The summed E-state index contributed by atoms with van der Waals surface area (Å²) in [6, 6.07) is 5.40. The van der Waals surface area contributed by atoms with Crippen molar-refractivity contribution in [2.24, 2.45) is 5.41 Å². The number of anilines is 1. The Morgan fingerprint density at radius 3 is 2.65 bits per heavy atom. The first kappa shape index (κ1) is 16.9. The van der Waals surface area contributed by atoms with Gasteiger partial charge in [-0.2, -0.15) is 0 Å². The minimum Gasteiger partial charge on any atom is -0.497 e. The standard InChI is InChI=1S/C19H23N3O4/c1-26-12-2-3-15-13(8-12)14(9-16(23)21-15)18(25)22-6-4-19(5-7-22)10-17(24)20-11-19/h2-3,8,14H,4-7,9-11H2,1H3,(H,20,24)(H,21,23). The van der Waals surface area contributed by atoms with Gasteiger partial charge in [-0.05, 0) is 42.0 Å². The van der Waals surface area contributed by atoms with Crippen LogP contribution >= 0.6 is 0 Å². The van der Waals surface area contributed by atoms with Gasteiger partial charge in [-0.3, -0.25) is 14.4 Å². The highest BCUT2D eigenvalue weighted by atomic mass is 16.5. The van der Waals surface area contributed by atoms with Crippen LogP contribution in [0.2, 0.25) is 0 Å². The number of piperidine rings is 1. The Labute approximate surface area is 152 Å². The van der Waals surface area contributed by atoms with Gasteiger partial charge >= 0.3 is 0 Å². The molecule has 4 rings (SSSR count). The Hall–Kier alpha value is -2.57. The van der Waals surface area contributed by atoms with E-state index >= 15 is 0 Å². The Balaban J connectivity index is 1.52. The molecule has 26 heavy (non-hydrogen) atoms. The van der Waals surface area contributed by atoms with Gasteiger partial charge in [0.05, 0.1) is 13.0 Å². The summed E-state index contributed by atoms with van der Waals surface area (Å²) in [6.45, 7) is 1.97. The quantitative estimate of drug-likeness (QED) is 0.834. The average molecular weight is 357 g/mol. The van der Waals surface area contributed by atoms with Gasteiger partial charge in [-0.15, -0.1) is 0 Å². The third-order valence-electron chi connectivity index (χ3n) is 5.93. The van der Waals surface area contributed by atoms with Crippen LogP contribution in [0.5, 0.6) is 5.75 Å². The minimum atomic E-state index is -0.480. The predicted molar refractivity (Wildman–Crippen MR) is 94.9 cm³/mol. The lowest BCUT2D eigenvalue weighted by Crippen LogP contribution is -2.46. The van der Waals surface area contributed by atoms with E-state index in [0.29, 0.717) is 37.5 Å². The Morgan fingerprint density at radius 1 is 1.23 bits per heavy atom. The smallest absolute Gasteiger partial charge is 0.230 e. The van der Waals surface area contributed by atoms with E-state index in [1.165, 1.54) is 0 Å². The molecular weight excluding hydrogens is 334 g/mol. The summed E-state index contributed by atoms with van der Waals surface area (Å²) in [7, 11) is 1.58. The van der Waals surface area contributed by atoms with Crippen LogP contribution in [0.4, 0.5) is 5.69 Å². The Kier molecular flexibility index (Phi) is 4.09. The first-order valence-electron chi connectivity index (χ1n) is 9.03. The summed E-state index contributed by atoms with van der Waals surface area (Å²) in [5, 5.41) is 5.74. The normalized spacial score (nSPS) is 24.0. The van der Waals surface area contributed by atoms with Crippen molar-refractivity contribution in [2.45, 2.75) is 31.6 Å². The zero-order valence-corrected chi connectivity index (χ0v) is 14.8. The molecule has 3 amide bonds. The monoisotopic (exact) mass is 357 g/mol. The number of benzene rings is 1. The van der Waals surface area contributed by atoms with Crippen molar-refractivity contribution in [2.75, 3.05) is 32.1 Å². The number of hydrogen-bond acceptors (Lipinski definition) is 4. The van der Waals surface area contributed by atoms with Gasteiger partial charge in [0.2, 0.25) is 17.7 Å². The largest absolute Gasteiger partial charge is 0.497 e. The fraction of sp³-hybridized carbons (Fsp3) is 0.526. The fourth-order valence-electron chi connectivity index (χ4n) is 4.31. The molecular formula is C19H23N3O4. The lowest BCUT2D eigenvalue weighted by atomic mass is 9.77. The van der Waals surface area contributed by atoms with Gasteiger partial charge in [-0.1, -0.05) is 0 Å². The summed E-state index contributed by atoms with van der Waals surface area (Å²) in [5.41, 5.74) is 1.49. The molecule has 0 aromatic heterocycles. The van der Waals surface area contributed by atoms with E-state index in [-0.39, 0.29) is 29.6 Å². The van der Waals surface area contributed by atoms with Gasteiger partial charge < -0.3 is 20.3 Å². The van der Waals surface area contributed by atoms with Crippen molar-refractivity contribution >= 4 is 23.4 Å². The Morgan fingerprint density at radius 2 is 2.00 bits per heavy atom. The third kappa shape index (κ3) is 2.91. The van der Waals surface area contributed by atoms with E-state index in [2.05, 4.69) is 10.6 Å². The number of nitrogens with one attached hydrogen (secondary N) is 2. The summed E-state index contributed by atoms with van der Waals surface area (Å²) in [4.78, 5) is 38.6. The first-order valence-corrected chi connectivity index (χ1v) is 9.03. The lowest BCUT2D eigenvalue weighted by Gasteiger charge is -2.40. The fourth-order valence-corrected chi connectivity index (χ4v) is 4.31. The molecule has 1 atom stereocenters. The molecule has 3 heterocycles. The van der Waals surface area contributed by atoms with Crippen LogP contribution in [0.25, 0.3) is 0 Å². The van der Waals surface area contributed by atoms with E-state index < -0.39 is 5.92 Å². The number of carbonyl (C=O) groups is 3. The molecule has 1 unspecified atom stereocenters. The molecule has 1 spiro atoms. The number of ether oxygens (including phenoxy) is 1. The van der Waals surface area contributed by atoms with Crippen LogP contribution in [-0.2, 0) is 14.4 Å². The SMILES string of the molecule is COc1ccc2c(c1)C(C(=O)N1CCC3(CC1)CNC(=O)C3)CC(=O)N2. The van der Waals surface area contributed by atoms with Crippen molar-refractivity contribution < 1.29 is 19.1 Å². The summed E-state index contributed by atoms with van der Waals surface area (Å²) in [5.74, 6) is 0.147. The lowest BCUT2D eigenvalue weighted by molar-refractivity contribution is -0.137. The summed E-state index contributed by atoms with van der Waals surface area (Å²) in [6.07, 6.45) is 2.35. The van der Waals surface area contributed by atoms with Crippen LogP contribution in [0.1, 0.15) is 37.2 Å². The highest BCUT2D eigenvalue weighted by Crippen LogP contribution is 2.40. The van der Waals surface area contributed by atoms with E-state index in [0.717, 1.165) is 18.4 Å². The zero-order chi connectivity index (χ0) is 18.3. The van der Waals surface area contributed by atoms with Crippen molar-refractivity contribution in [3.63, 3.8) is 0 Å². The molecule has 7 heteroatoms. The first-order chi connectivity index (χ1) is 12.5. The molecule has 0 radical (unpaired) electrons. The molecule has 3 aliphatic heterocycles. The van der Waals surface area contributed by atoms with Crippen LogP contribution in [0, 0.1) is 5.41 Å². The maximum Gasteiger partial charge on any atom is 0.230 e. The molecule has 2 saturated heterocycles. The minimum absolute atomic E-state index is 0.00106. The molecule has 0 bridgehead atoms. The highest BCUT2D eigenvalue weighted by molar-refractivity contribution is 6.01. The molecule has 1 aromatic carbocycles. The second-order valence-corrected chi connectivity index (χ2v) is 7.54. The molecule has 7 nitrogen and oxygen atoms in total. The van der Waals surface area contributed by atoms with Gasteiger partial charge in [0.15, 0.2) is 0 Å². The molecule has 1 aromatic rings. The van der Waals surface area contributed by atoms with Crippen molar-refractivity contribution in [1.29, 1.82) is 0 Å². The average Bonchev–Trinajstić information content (AvgIpc) is 3.01. The zero-order valence-electron chi connectivity index (χ0n) is 14.8. The summed E-state index contributed by atoms with van der Waals surface area (Å²) >= 11 is 0. The van der Waals surface area contributed by atoms with E-state index in [4.69, 9.17) is 4.74 Å². The number of hydrogen-bond donors (Lipinski definition) is 2. The van der Waals surface area contributed by atoms with Crippen molar-refractivity contribution in [1.82, 2.24) is 10.2 Å². The molecule has 0 saturated carbocycles. The molecule has 3 aliphatic rings. The van der Waals surface area contributed by atoms with Crippen LogP contribution in [0.3, 0.4) is 0 Å². The van der Waals surface area contributed by atoms with Crippen LogP contribution in [-0.4, -0.2) is 49.4 Å². The highest BCUT2D eigenvalue weighted by Gasteiger charge is 2.43. The van der Waals surface area contributed by atoms with Crippen molar-refractivity contribution in [3.05, 3.63) is 23.8 Å². The van der Waals surface area contributed by atoms with E-state index in [1.807, 2.05) is 11.0 Å². The number of likely N-dealkylation sites (tertiary alicyclic amines) is 1. The molecule has 2 N–H and O–H groups in total. The van der Waals surface area contributed by atoms with Crippen LogP contribution in [0.15, 0.2) is 18.2 Å².